The molecule has 4 N–H and O–H groups in total. The summed E-state index contributed by atoms with van der Waals surface area (Å²) in [6.07, 6.45) is 1.55. The molecule has 20 heavy (non-hydrogen) atoms. The number of primary sulfonamides is 1. The van der Waals surface area contributed by atoms with Crippen LogP contribution in [0.25, 0.3) is 0 Å². The van der Waals surface area contributed by atoms with Crippen LogP contribution in [-0.2, 0) is 10.0 Å². The highest BCUT2D eigenvalue weighted by Crippen LogP contribution is 2.18. The number of H-pyrrole nitrogens is 1. The summed E-state index contributed by atoms with van der Waals surface area (Å²) >= 11 is 3.17. The SMILES string of the molecule is NS(=O)(=O)c1cc(F)cc(NC(=O)c2cc(Br)c[nH]2)c1. The molecule has 6 nitrogen and oxygen atoms in total. The lowest BCUT2D eigenvalue weighted by Gasteiger charge is -2.06. The van der Waals surface area contributed by atoms with Crippen molar-refractivity contribution in [3.05, 3.63) is 46.4 Å². The molecular weight excluding hydrogens is 353 g/mol. The maximum Gasteiger partial charge on any atom is 0.272 e. The minimum atomic E-state index is -4.05. The molecule has 1 amide bonds. The van der Waals surface area contributed by atoms with E-state index in [1.54, 1.807) is 6.20 Å². The first-order chi connectivity index (χ1) is 9.25. The van der Waals surface area contributed by atoms with E-state index in [1.165, 1.54) is 6.07 Å². The molecule has 9 heteroatoms. The molecule has 0 radical (unpaired) electrons. The summed E-state index contributed by atoms with van der Waals surface area (Å²) in [5.74, 6) is -1.36. The Morgan fingerprint density at radius 3 is 2.55 bits per heavy atom. The van der Waals surface area contributed by atoms with Crippen LogP contribution in [0.4, 0.5) is 10.1 Å². The zero-order chi connectivity index (χ0) is 14.9. The van der Waals surface area contributed by atoms with Crippen LogP contribution < -0.4 is 10.5 Å². The molecular formula is C11H9BrFN3O3S. The molecule has 0 aliphatic rings. The molecule has 0 spiro atoms. The van der Waals surface area contributed by atoms with Crippen molar-refractivity contribution in [1.82, 2.24) is 4.98 Å². The van der Waals surface area contributed by atoms with Crippen LogP contribution in [0.5, 0.6) is 0 Å². The van der Waals surface area contributed by atoms with Gasteiger partial charge in [0.25, 0.3) is 5.91 Å². The van der Waals surface area contributed by atoms with E-state index >= 15 is 0 Å². The standard InChI is InChI=1S/C11H9BrFN3O3S/c12-6-1-10(15-5-6)11(17)16-8-2-7(13)3-9(4-8)20(14,18)19/h1-5,15H,(H,16,17)(H2,14,18,19). The van der Waals surface area contributed by atoms with Gasteiger partial charge in [0, 0.05) is 16.4 Å². The number of amides is 1. The minimum Gasteiger partial charge on any atom is -0.356 e. The first-order valence-corrected chi connectivity index (χ1v) is 7.58. The normalized spacial score (nSPS) is 11.3. The molecule has 2 rings (SSSR count). The number of nitrogens with two attached hydrogens (primary N) is 1. The van der Waals surface area contributed by atoms with Crippen LogP contribution in [0.2, 0.25) is 0 Å². The summed E-state index contributed by atoms with van der Waals surface area (Å²) in [6, 6.07) is 4.37. The summed E-state index contributed by atoms with van der Waals surface area (Å²) in [5, 5.41) is 7.29. The smallest absolute Gasteiger partial charge is 0.272 e. The lowest BCUT2D eigenvalue weighted by atomic mass is 10.3. The van der Waals surface area contributed by atoms with Gasteiger partial charge in [-0.3, -0.25) is 4.79 Å². The first-order valence-electron chi connectivity index (χ1n) is 5.24. The number of anilines is 1. The Morgan fingerprint density at radius 2 is 2.00 bits per heavy atom. The number of nitrogens with one attached hydrogen (secondary N) is 2. The number of aromatic amines is 1. The topological polar surface area (TPSA) is 105 Å². The molecule has 106 valence electrons. The van der Waals surface area contributed by atoms with Gasteiger partial charge in [0.15, 0.2) is 0 Å². The Hall–Kier alpha value is -1.71. The summed E-state index contributed by atoms with van der Waals surface area (Å²) in [6.45, 7) is 0. The van der Waals surface area contributed by atoms with E-state index in [4.69, 9.17) is 5.14 Å². The minimum absolute atomic E-state index is 0.00949. The fraction of sp³-hybridized carbons (Fsp3) is 0. The number of aromatic nitrogens is 1. The predicted octanol–water partition coefficient (Wildman–Crippen LogP) is 1.82. The van der Waals surface area contributed by atoms with Gasteiger partial charge in [0.2, 0.25) is 10.0 Å². The van der Waals surface area contributed by atoms with Crippen molar-refractivity contribution in [1.29, 1.82) is 0 Å². The Bertz CT molecular complexity index is 773. The second kappa shape index (κ2) is 5.35. The van der Waals surface area contributed by atoms with Crippen molar-refractivity contribution in [2.75, 3.05) is 5.32 Å². The maximum atomic E-state index is 13.3. The highest BCUT2D eigenvalue weighted by molar-refractivity contribution is 9.10. The molecule has 0 bridgehead atoms. The van der Waals surface area contributed by atoms with Crippen LogP contribution >= 0.6 is 15.9 Å². The molecule has 1 aromatic heterocycles. The number of carbonyl (C=O) groups excluding carboxylic acids is 1. The Balaban J connectivity index is 2.30. The van der Waals surface area contributed by atoms with E-state index in [1.807, 2.05) is 0 Å². The lowest BCUT2D eigenvalue weighted by Crippen LogP contribution is -2.15. The number of benzene rings is 1. The van der Waals surface area contributed by atoms with Crippen LogP contribution in [0.3, 0.4) is 0 Å². The second-order valence-electron chi connectivity index (χ2n) is 3.91. The van der Waals surface area contributed by atoms with E-state index in [0.717, 1.165) is 18.2 Å². The van der Waals surface area contributed by atoms with Gasteiger partial charge in [-0.2, -0.15) is 0 Å². The monoisotopic (exact) mass is 361 g/mol. The van der Waals surface area contributed by atoms with E-state index in [9.17, 15) is 17.6 Å². The summed E-state index contributed by atoms with van der Waals surface area (Å²) in [4.78, 5) is 14.1. The molecule has 0 fully saturated rings. The Labute approximate surface area is 122 Å². The van der Waals surface area contributed by atoms with E-state index < -0.39 is 26.6 Å². The fourth-order valence-corrected chi connectivity index (χ4v) is 2.41. The van der Waals surface area contributed by atoms with Crippen molar-refractivity contribution >= 4 is 37.5 Å². The highest BCUT2D eigenvalue weighted by Gasteiger charge is 2.13. The molecule has 0 unspecified atom stereocenters. The van der Waals surface area contributed by atoms with Crippen LogP contribution in [0.15, 0.2) is 39.8 Å². The largest absolute Gasteiger partial charge is 0.356 e. The molecule has 0 atom stereocenters. The quantitative estimate of drug-likeness (QED) is 0.776. The van der Waals surface area contributed by atoms with E-state index in [0.29, 0.717) is 4.47 Å². The van der Waals surface area contributed by atoms with Crippen molar-refractivity contribution in [3.63, 3.8) is 0 Å². The Kier molecular flexibility index (Phi) is 3.93. The molecule has 0 aliphatic carbocycles. The third-order valence-corrected chi connectivity index (χ3v) is 3.70. The third-order valence-electron chi connectivity index (χ3n) is 2.35. The summed E-state index contributed by atoms with van der Waals surface area (Å²) in [7, 11) is -4.05. The van der Waals surface area contributed by atoms with Crippen LogP contribution in [0, 0.1) is 5.82 Å². The number of carbonyl (C=O) groups is 1. The van der Waals surface area contributed by atoms with Crippen molar-refractivity contribution < 1.29 is 17.6 Å². The number of halogens is 2. The average Bonchev–Trinajstić information content (AvgIpc) is 2.74. The molecule has 0 saturated heterocycles. The summed E-state index contributed by atoms with van der Waals surface area (Å²) < 4.78 is 36.4. The average molecular weight is 362 g/mol. The highest BCUT2D eigenvalue weighted by atomic mass is 79.9. The number of hydrogen-bond acceptors (Lipinski definition) is 3. The lowest BCUT2D eigenvalue weighted by molar-refractivity contribution is 0.102. The number of hydrogen-bond donors (Lipinski definition) is 3. The second-order valence-corrected chi connectivity index (χ2v) is 6.38. The van der Waals surface area contributed by atoms with E-state index in [-0.39, 0.29) is 11.4 Å². The molecule has 1 aromatic carbocycles. The zero-order valence-corrected chi connectivity index (χ0v) is 12.3. The van der Waals surface area contributed by atoms with Gasteiger partial charge in [-0.05, 0) is 40.2 Å². The predicted molar refractivity (Wildman–Crippen MR) is 74.2 cm³/mol. The van der Waals surface area contributed by atoms with Crippen LogP contribution in [-0.4, -0.2) is 19.3 Å². The van der Waals surface area contributed by atoms with Gasteiger partial charge in [0.05, 0.1) is 4.90 Å². The number of rotatable bonds is 3. The number of sulfonamides is 1. The molecule has 0 saturated carbocycles. The molecule has 0 aliphatic heterocycles. The van der Waals surface area contributed by atoms with Gasteiger partial charge in [0.1, 0.15) is 11.5 Å². The van der Waals surface area contributed by atoms with Gasteiger partial charge in [-0.15, -0.1) is 0 Å². The molecule has 2 aromatic rings. The fourth-order valence-electron chi connectivity index (χ4n) is 1.50. The van der Waals surface area contributed by atoms with Crippen molar-refractivity contribution in [2.24, 2.45) is 5.14 Å². The Morgan fingerprint density at radius 1 is 1.30 bits per heavy atom. The van der Waals surface area contributed by atoms with Gasteiger partial charge >= 0.3 is 0 Å². The molecule has 1 heterocycles. The maximum absolute atomic E-state index is 13.3. The van der Waals surface area contributed by atoms with Gasteiger partial charge < -0.3 is 10.3 Å². The van der Waals surface area contributed by atoms with E-state index in [2.05, 4.69) is 26.2 Å². The van der Waals surface area contributed by atoms with Crippen molar-refractivity contribution in [3.8, 4) is 0 Å². The first kappa shape index (κ1) is 14.7. The van der Waals surface area contributed by atoms with Crippen LogP contribution in [0.1, 0.15) is 10.5 Å². The van der Waals surface area contributed by atoms with Gasteiger partial charge in [-0.25, -0.2) is 17.9 Å². The third kappa shape index (κ3) is 3.44. The van der Waals surface area contributed by atoms with Gasteiger partial charge in [-0.1, -0.05) is 0 Å². The summed E-state index contributed by atoms with van der Waals surface area (Å²) in [5.41, 5.74) is 0.225. The zero-order valence-electron chi connectivity index (χ0n) is 9.85. The van der Waals surface area contributed by atoms with Crippen molar-refractivity contribution in [2.45, 2.75) is 4.90 Å².